The maximum Gasteiger partial charge on any atom is 0.0855 e. The largest absolute Gasteiger partial charge is 0.313 e. The normalized spacial score (nSPS) is 11.0. The van der Waals surface area contributed by atoms with Gasteiger partial charge in [0.15, 0.2) is 0 Å². The van der Waals surface area contributed by atoms with Crippen LogP contribution in [-0.4, -0.2) is 16.3 Å². The number of halogens is 1. The Labute approximate surface area is 136 Å². The zero-order valence-electron chi connectivity index (χ0n) is 12.8. The van der Waals surface area contributed by atoms with Crippen molar-refractivity contribution in [2.24, 2.45) is 0 Å². The van der Waals surface area contributed by atoms with E-state index in [4.69, 9.17) is 11.6 Å². The summed E-state index contributed by atoms with van der Waals surface area (Å²) in [6.45, 7) is 8.94. The summed E-state index contributed by atoms with van der Waals surface area (Å²) in [6.07, 6.45) is 0. The predicted octanol–water partition coefficient (Wildman–Crippen LogP) is 4.27. The smallest absolute Gasteiger partial charge is 0.0855 e. The number of rotatable bonds is 7. The van der Waals surface area contributed by atoms with E-state index >= 15 is 0 Å². The molecule has 0 spiro atoms. The van der Waals surface area contributed by atoms with Gasteiger partial charge in [0, 0.05) is 23.7 Å². The fourth-order valence-electron chi connectivity index (χ4n) is 2.13. The Kier molecular flexibility index (Phi) is 6.15. The minimum Gasteiger partial charge on any atom is -0.313 e. The Balaban J connectivity index is 2.00. The number of nitrogens with zero attached hydrogens (tertiary/aromatic N) is 2. The van der Waals surface area contributed by atoms with Gasteiger partial charge in [0.2, 0.25) is 0 Å². The van der Waals surface area contributed by atoms with E-state index in [1.165, 1.54) is 10.5 Å². The number of hydrogen-bond donors (Lipinski definition) is 1. The molecule has 1 heterocycles. The maximum absolute atomic E-state index is 6.34. The SMILES string of the molecule is CCNCc1ccc(SCc2c(Cl)c(C)nn2CC)cc1. The molecule has 0 amide bonds. The van der Waals surface area contributed by atoms with Crippen LogP contribution >= 0.6 is 23.4 Å². The molecule has 2 rings (SSSR count). The van der Waals surface area contributed by atoms with Crippen LogP contribution in [0, 0.1) is 6.92 Å². The molecule has 5 heteroatoms. The van der Waals surface area contributed by atoms with Crippen LogP contribution < -0.4 is 5.32 Å². The van der Waals surface area contributed by atoms with Crippen LogP contribution in [0.2, 0.25) is 5.02 Å². The zero-order chi connectivity index (χ0) is 15.2. The average Bonchev–Trinajstić information content (AvgIpc) is 2.79. The van der Waals surface area contributed by atoms with E-state index < -0.39 is 0 Å². The lowest BCUT2D eigenvalue weighted by Crippen LogP contribution is -2.11. The Morgan fingerprint density at radius 1 is 1.24 bits per heavy atom. The van der Waals surface area contributed by atoms with Crippen LogP contribution in [0.15, 0.2) is 29.2 Å². The summed E-state index contributed by atoms with van der Waals surface area (Å²) in [5.74, 6) is 0.847. The second-order valence-electron chi connectivity index (χ2n) is 4.87. The standard InChI is InChI=1S/C16H22ClN3S/c1-4-18-10-13-6-8-14(9-7-13)21-11-15-16(17)12(3)19-20(15)5-2/h6-9,18H,4-5,10-11H2,1-3H3. The van der Waals surface area contributed by atoms with Crippen molar-refractivity contribution in [1.29, 1.82) is 0 Å². The minimum atomic E-state index is 0.799. The van der Waals surface area contributed by atoms with Gasteiger partial charge in [-0.3, -0.25) is 4.68 Å². The first-order chi connectivity index (χ1) is 10.2. The number of thioether (sulfide) groups is 1. The van der Waals surface area contributed by atoms with E-state index in [2.05, 4.69) is 48.5 Å². The summed E-state index contributed by atoms with van der Waals surface area (Å²) in [4.78, 5) is 1.26. The van der Waals surface area contributed by atoms with Crippen molar-refractivity contribution >= 4 is 23.4 Å². The third-order valence-corrected chi connectivity index (χ3v) is 4.85. The molecule has 1 aromatic heterocycles. The number of hydrogen-bond acceptors (Lipinski definition) is 3. The quantitative estimate of drug-likeness (QED) is 0.772. The topological polar surface area (TPSA) is 29.9 Å². The zero-order valence-corrected chi connectivity index (χ0v) is 14.4. The van der Waals surface area contributed by atoms with Crippen molar-refractivity contribution in [1.82, 2.24) is 15.1 Å². The fourth-order valence-corrected chi connectivity index (χ4v) is 3.34. The lowest BCUT2D eigenvalue weighted by Gasteiger charge is -2.07. The van der Waals surface area contributed by atoms with Gasteiger partial charge < -0.3 is 5.32 Å². The molecule has 114 valence electrons. The highest BCUT2D eigenvalue weighted by Gasteiger charge is 2.12. The molecule has 0 atom stereocenters. The van der Waals surface area contributed by atoms with Gasteiger partial charge in [0.25, 0.3) is 0 Å². The second-order valence-corrected chi connectivity index (χ2v) is 6.30. The summed E-state index contributed by atoms with van der Waals surface area (Å²) in [6, 6.07) is 8.69. The third kappa shape index (κ3) is 4.25. The van der Waals surface area contributed by atoms with Gasteiger partial charge in [-0.15, -0.1) is 11.8 Å². The van der Waals surface area contributed by atoms with Gasteiger partial charge in [-0.1, -0.05) is 30.7 Å². The van der Waals surface area contributed by atoms with Gasteiger partial charge in [0.05, 0.1) is 16.4 Å². The van der Waals surface area contributed by atoms with E-state index in [0.717, 1.165) is 41.8 Å². The molecule has 0 saturated carbocycles. The number of benzene rings is 1. The van der Waals surface area contributed by atoms with Crippen LogP contribution in [-0.2, 0) is 18.8 Å². The van der Waals surface area contributed by atoms with Crippen LogP contribution in [0.3, 0.4) is 0 Å². The Morgan fingerprint density at radius 2 is 1.95 bits per heavy atom. The maximum atomic E-state index is 6.34. The first-order valence-electron chi connectivity index (χ1n) is 7.30. The van der Waals surface area contributed by atoms with Crippen molar-refractivity contribution in [2.45, 2.75) is 44.5 Å². The molecule has 2 aromatic rings. The van der Waals surface area contributed by atoms with Crippen molar-refractivity contribution in [2.75, 3.05) is 6.54 Å². The molecule has 0 radical (unpaired) electrons. The van der Waals surface area contributed by atoms with E-state index in [1.54, 1.807) is 11.8 Å². The van der Waals surface area contributed by atoms with Crippen LogP contribution in [0.25, 0.3) is 0 Å². The monoisotopic (exact) mass is 323 g/mol. The number of aromatic nitrogens is 2. The van der Waals surface area contributed by atoms with E-state index in [0.29, 0.717) is 0 Å². The average molecular weight is 324 g/mol. The van der Waals surface area contributed by atoms with Crippen molar-refractivity contribution in [3.05, 3.63) is 46.2 Å². The highest BCUT2D eigenvalue weighted by atomic mass is 35.5. The summed E-state index contributed by atoms with van der Waals surface area (Å²) >= 11 is 8.13. The molecule has 0 aliphatic rings. The molecule has 21 heavy (non-hydrogen) atoms. The lowest BCUT2D eigenvalue weighted by molar-refractivity contribution is 0.632. The van der Waals surface area contributed by atoms with Crippen molar-refractivity contribution in [3.63, 3.8) is 0 Å². The second kappa shape index (κ2) is 7.87. The van der Waals surface area contributed by atoms with E-state index in [9.17, 15) is 0 Å². The molecule has 1 N–H and O–H groups in total. The summed E-state index contributed by atoms with van der Waals surface area (Å²) < 4.78 is 1.99. The number of aryl methyl sites for hydroxylation is 2. The summed E-state index contributed by atoms with van der Waals surface area (Å²) in [5.41, 5.74) is 3.34. The minimum absolute atomic E-state index is 0.799. The molecule has 0 fully saturated rings. The third-order valence-electron chi connectivity index (χ3n) is 3.33. The van der Waals surface area contributed by atoms with E-state index in [-0.39, 0.29) is 0 Å². The Bertz CT molecular complexity index is 578. The Morgan fingerprint density at radius 3 is 2.57 bits per heavy atom. The highest BCUT2D eigenvalue weighted by molar-refractivity contribution is 7.98. The molecular formula is C16H22ClN3S. The molecule has 0 aliphatic heterocycles. The van der Waals surface area contributed by atoms with Crippen molar-refractivity contribution in [3.8, 4) is 0 Å². The fraction of sp³-hybridized carbons (Fsp3) is 0.438. The molecule has 3 nitrogen and oxygen atoms in total. The molecule has 1 aromatic carbocycles. The molecule has 0 saturated heterocycles. The van der Waals surface area contributed by atoms with Crippen LogP contribution in [0.4, 0.5) is 0 Å². The van der Waals surface area contributed by atoms with Crippen LogP contribution in [0.5, 0.6) is 0 Å². The summed E-state index contributed by atoms with van der Waals surface area (Å²) in [7, 11) is 0. The highest BCUT2D eigenvalue weighted by Crippen LogP contribution is 2.28. The molecule has 0 aliphatic carbocycles. The van der Waals surface area contributed by atoms with Crippen LogP contribution in [0.1, 0.15) is 30.8 Å². The lowest BCUT2D eigenvalue weighted by atomic mass is 10.2. The molecule has 0 unspecified atom stereocenters. The van der Waals surface area contributed by atoms with Gasteiger partial charge in [-0.25, -0.2) is 0 Å². The first-order valence-corrected chi connectivity index (χ1v) is 8.66. The summed E-state index contributed by atoms with van der Waals surface area (Å²) in [5, 5.41) is 8.58. The van der Waals surface area contributed by atoms with E-state index in [1.807, 2.05) is 11.6 Å². The van der Waals surface area contributed by atoms with Gasteiger partial charge in [0.1, 0.15) is 0 Å². The van der Waals surface area contributed by atoms with Gasteiger partial charge in [-0.05, 0) is 38.1 Å². The first kappa shape index (κ1) is 16.4. The van der Waals surface area contributed by atoms with Gasteiger partial charge in [-0.2, -0.15) is 5.10 Å². The number of nitrogens with one attached hydrogen (secondary N) is 1. The van der Waals surface area contributed by atoms with Crippen molar-refractivity contribution < 1.29 is 0 Å². The molecule has 0 bridgehead atoms. The Hall–Kier alpha value is -0.970. The molecular weight excluding hydrogens is 302 g/mol. The van der Waals surface area contributed by atoms with Gasteiger partial charge >= 0.3 is 0 Å². The predicted molar refractivity (Wildman–Crippen MR) is 91.0 cm³/mol.